The average Bonchev–Trinajstić information content (AvgIpc) is 3.02. The van der Waals surface area contributed by atoms with E-state index in [1.54, 1.807) is 11.3 Å². The second-order valence-corrected chi connectivity index (χ2v) is 7.86. The lowest BCUT2D eigenvalue weighted by Gasteiger charge is -2.33. The predicted octanol–water partition coefficient (Wildman–Crippen LogP) is 3.37. The first-order valence-corrected chi connectivity index (χ1v) is 9.56. The van der Waals surface area contributed by atoms with Crippen molar-refractivity contribution in [3.8, 4) is 6.07 Å². The Morgan fingerprint density at radius 3 is 2.69 bits per heavy atom. The predicted molar refractivity (Wildman–Crippen MR) is 105 cm³/mol. The summed E-state index contributed by atoms with van der Waals surface area (Å²) < 4.78 is 0. The second kappa shape index (κ2) is 8.30. The molecule has 136 valence electrons. The van der Waals surface area contributed by atoms with Crippen LogP contribution in [-0.2, 0) is 4.79 Å². The van der Waals surface area contributed by atoms with Crippen molar-refractivity contribution in [3.63, 3.8) is 0 Å². The van der Waals surface area contributed by atoms with Gasteiger partial charge in [0.15, 0.2) is 5.13 Å². The average molecular weight is 369 g/mol. The van der Waals surface area contributed by atoms with Crippen LogP contribution in [0.4, 0.5) is 16.6 Å². The number of benzene rings is 1. The Morgan fingerprint density at radius 1 is 1.38 bits per heavy atom. The smallest absolute Gasteiger partial charge is 0.212 e. The fourth-order valence-electron chi connectivity index (χ4n) is 3.20. The van der Waals surface area contributed by atoms with Gasteiger partial charge in [0.1, 0.15) is 5.82 Å². The van der Waals surface area contributed by atoms with Crippen molar-refractivity contribution in [2.75, 3.05) is 36.9 Å². The first-order valence-electron chi connectivity index (χ1n) is 8.74. The number of carbonyl (C=O) groups excluding carboxylic acids is 1. The number of likely N-dealkylation sites (tertiary alicyclic amines) is 1. The Bertz CT molecular complexity index is 787. The number of aromatic nitrogens is 1. The second-order valence-electron chi connectivity index (χ2n) is 6.68. The zero-order valence-electron chi connectivity index (χ0n) is 15.1. The molecule has 26 heavy (non-hydrogen) atoms. The van der Waals surface area contributed by atoms with Gasteiger partial charge in [-0.15, -0.1) is 0 Å². The largest absolute Gasteiger partial charge is 0.317 e. The summed E-state index contributed by atoms with van der Waals surface area (Å²) >= 11 is 1.57. The molecule has 0 bridgehead atoms. The maximum absolute atomic E-state index is 10.8. The minimum Gasteiger partial charge on any atom is -0.317 e. The highest BCUT2D eigenvalue weighted by molar-refractivity contribution is 7.16. The van der Waals surface area contributed by atoms with Crippen molar-refractivity contribution < 1.29 is 4.79 Å². The van der Waals surface area contributed by atoms with E-state index >= 15 is 0 Å². The van der Waals surface area contributed by atoms with E-state index in [0.29, 0.717) is 23.7 Å². The molecule has 1 aliphatic heterocycles. The van der Waals surface area contributed by atoms with Crippen molar-refractivity contribution in [2.45, 2.75) is 19.8 Å². The molecule has 1 amide bonds. The summed E-state index contributed by atoms with van der Waals surface area (Å²) in [6.45, 7) is 5.06. The molecule has 1 aliphatic rings. The molecule has 0 unspecified atom stereocenters. The van der Waals surface area contributed by atoms with Gasteiger partial charge in [-0.2, -0.15) is 5.26 Å². The lowest BCUT2D eigenvalue weighted by atomic mass is 9.96. The molecule has 1 aromatic heterocycles. The number of nitriles is 1. The third-order valence-electron chi connectivity index (χ3n) is 4.80. The van der Waals surface area contributed by atoms with Gasteiger partial charge in [0.25, 0.3) is 0 Å². The van der Waals surface area contributed by atoms with Gasteiger partial charge in [-0.25, -0.2) is 4.98 Å². The lowest BCUT2D eigenvalue weighted by molar-refractivity contribution is -0.105. The van der Waals surface area contributed by atoms with Gasteiger partial charge >= 0.3 is 0 Å². The minimum absolute atomic E-state index is 0.591. The first-order chi connectivity index (χ1) is 12.6. The quantitative estimate of drug-likeness (QED) is 0.791. The number of hydrogen-bond donors (Lipinski definition) is 1. The van der Waals surface area contributed by atoms with Gasteiger partial charge in [-0.05, 0) is 70.1 Å². The van der Waals surface area contributed by atoms with E-state index in [-0.39, 0.29) is 0 Å². The van der Waals surface area contributed by atoms with Crippen molar-refractivity contribution in [1.29, 1.82) is 5.26 Å². The molecule has 1 fully saturated rings. The van der Waals surface area contributed by atoms with Crippen LogP contribution in [0, 0.1) is 24.2 Å². The highest BCUT2D eigenvalue weighted by atomic mass is 32.1. The number of piperidine rings is 1. The van der Waals surface area contributed by atoms with Gasteiger partial charge in [0.05, 0.1) is 11.6 Å². The SMILES string of the molecule is Cc1sc(N(CC2CCN(C)CC2)c2ccc(C#N)cc2)nc1NC=O. The molecule has 1 aromatic carbocycles. The van der Waals surface area contributed by atoms with Crippen LogP contribution in [0.1, 0.15) is 23.3 Å². The Balaban J connectivity index is 1.88. The summed E-state index contributed by atoms with van der Waals surface area (Å²) in [4.78, 5) is 21.0. The van der Waals surface area contributed by atoms with Crippen LogP contribution in [0.15, 0.2) is 24.3 Å². The van der Waals surface area contributed by atoms with Gasteiger partial charge in [-0.1, -0.05) is 11.3 Å². The minimum atomic E-state index is 0.591. The Hall–Kier alpha value is -2.43. The molecule has 0 atom stereocenters. The van der Waals surface area contributed by atoms with E-state index < -0.39 is 0 Å². The normalized spacial score (nSPS) is 15.4. The Kier molecular flexibility index (Phi) is 5.86. The van der Waals surface area contributed by atoms with E-state index in [1.165, 1.54) is 0 Å². The maximum atomic E-state index is 10.8. The van der Waals surface area contributed by atoms with E-state index in [4.69, 9.17) is 5.26 Å². The van der Waals surface area contributed by atoms with Crippen LogP contribution < -0.4 is 10.2 Å². The number of nitrogens with zero attached hydrogens (tertiary/aromatic N) is 4. The summed E-state index contributed by atoms with van der Waals surface area (Å²) in [6.07, 6.45) is 2.98. The molecule has 0 saturated carbocycles. The van der Waals surface area contributed by atoms with Crippen LogP contribution in [-0.4, -0.2) is 43.0 Å². The summed E-state index contributed by atoms with van der Waals surface area (Å²) in [5.74, 6) is 1.20. The van der Waals surface area contributed by atoms with Crippen molar-refractivity contribution >= 4 is 34.4 Å². The highest BCUT2D eigenvalue weighted by Gasteiger charge is 2.23. The number of nitrogens with one attached hydrogen (secondary N) is 1. The van der Waals surface area contributed by atoms with Crippen LogP contribution >= 0.6 is 11.3 Å². The van der Waals surface area contributed by atoms with Crippen LogP contribution in [0.3, 0.4) is 0 Å². The van der Waals surface area contributed by atoms with Crippen molar-refractivity contribution in [3.05, 3.63) is 34.7 Å². The van der Waals surface area contributed by atoms with Gasteiger partial charge in [-0.3, -0.25) is 4.79 Å². The number of carbonyl (C=O) groups is 1. The van der Waals surface area contributed by atoms with Crippen LogP contribution in [0.2, 0.25) is 0 Å². The van der Waals surface area contributed by atoms with Crippen LogP contribution in [0.5, 0.6) is 0 Å². The zero-order chi connectivity index (χ0) is 18.5. The van der Waals surface area contributed by atoms with E-state index in [0.717, 1.165) is 48.2 Å². The number of anilines is 3. The Labute approximate surface area is 158 Å². The summed E-state index contributed by atoms with van der Waals surface area (Å²) in [5, 5.41) is 12.6. The molecule has 6 nitrogen and oxygen atoms in total. The lowest BCUT2D eigenvalue weighted by Crippen LogP contribution is -2.35. The molecular weight excluding hydrogens is 346 g/mol. The van der Waals surface area contributed by atoms with E-state index in [1.807, 2.05) is 31.2 Å². The fraction of sp³-hybridized carbons (Fsp3) is 0.421. The number of thiazole rings is 1. The van der Waals surface area contributed by atoms with Gasteiger partial charge in [0.2, 0.25) is 6.41 Å². The zero-order valence-corrected chi connectivity index (χ0v) is 15.9. The number of rotatable bonds is 6. The van der Waals surface area contributed by atoms with Crippen molar-refractivity contribution in [1.82, 2.24) is 9.88 Å². The first kappa shape index (κ1) is 18.4. The molecule has 2 heterocycles. The third kappa shape index (κ3) is 4.21. The molecule has 7 heteroatoms. The molecule has 2 aromatic rings. The van der Waals surface area contributed by atoms with E-state index in [9.17, 15) is 4.79 Å². The monoisotopic (exact) mass is 369 g/mol. The summed E-state index contributed by atoms with van der Waals surface area (Å²) in [6, 6.07) is 9.77. The summed E-state index contributed by atoms with van der Waals surface area (Å²) in [5.41, 5.74) is 1.67. The maximum Gasteiger partial charge on any atom is 0.212 e. The molecule has 0 radical (unpaired) electrons. The summed E-state index contributed by atoms with van der Waals surface area (Å²) in [7, 11) is 2.16. The molecular formula is C19H23N5OS. The Morgan fingerprint density at radius 2 is 2.08 bits per heavy atom. The fourth-order valence-corrected chi connectivity index (χ4v) is 4.10. The van der Waals surface area contributed by atoms with E-state index in [2.05, 4.69) is 33.2 Å². The van der Waals surface area contributed by atoms with Crippen LogP contribution in [0.25, 0.3) is 0 Å². The van der Waals surface area contributed by atoms with Gasteiger partial charge in [0, 0.05) is 17.1 Å². The number of hydrogen-bond acceptors (Lipinski definition) is 6. The topological polar surface area (TPSA) is 72.3 Å². The third-order valence-corrected chi connectivity index (χ3v) is 5.79. The number of amides is 1. The molecule has 1 saturated heterocycles. The molecule has 0 spiro atoms. The highest BCUT2D eigenvalue weighted by Crippen LogP contribution is 2.35. The van der Waals surface area contributed by atoms with Crippen molar-refractivity contribution in [2.24, 2.45) is 5.92 Å². The number of aryl methyl sites for hydroxylation is 1. The van der Waals surface area contributed by atoms with Gasteiger partial charge < -0.3 is 15.1 Å². The molecule has 1 N–H and O–H groups in total. The molecule has 3 rings (SSSR count). The molecule has 0 aliphatic carbocycles. The standard InChI is InChI=1S/C19H23N5OS/c1-14-18(21-13-25)22-19(26-14)24(12-16-7-9-23(2)10-8-16)17-5-3-15(11-20)4-6-17/h3-6,13,16H,7-10,12H2,1-2H3,(H,21,25).